The third-order valence-corrected chi connectivity index (χ3v) is 4.55. The Kier molecular flexibility index (Phi) is 2.66. The number of nitrogens with zero attached hydrogens (tertiary/aromatic N) is 4. The molecule has 4 rings (SSSR count). The fourth-order valence-corrected chi connectivity index (χ4v) is 3.31. The van der Waals surface area contributed by atoms with Gasteiger partial charge in [-0.2, -0.15) is 0 Å². The Morgan fingerprint density at radius 1 is 0.900 bits per heavy atom. The van der Waals surface area contributed by atoms with Gasteiger partial charge in [-0.3, -0.25) is 9.13 Å². The molecule has 0 aromatic carbocycles. The Bertz CT molecular complexity index is 691. The van der Waals surface area contributed by atoms with Crippen molar-refractivity contribution in [2.75, 3.05) is 0 Å². The molecule has 0 radical (unpaired) electrons. The van der Waals surface area contributed by atoms with Crippen molar-refractivity contribution in [2.24, 2.45) is 5.73 Å². The van der Waals surface area contributed by atoms with Crippen LogP contribution in [0.5, 0.6) is 0 Å². The summed E-state index contributed by atoms with van der Waals surface area (Å²) in [5.74, 6) is 0. The minimum atomic E-state index is 0.0640. The van der Waals surface area contributed by atoms with E-state index >= 15 is 0 Å². The van der Waals surface area contributed by atoms with Gasteiger partial charge in [0.15, 0.2) is 11.3 Å². The maximum atomic E-state index is 12.8. The van der Waals surface area contributed by atoms with Gasteiger partial charge in [-0.1, -0.05) is 0 Å². The highest BCUT2D eigenvalue weighted by atomic mass is 16.2. The summed E-state index contributed by atoms with van der Waals surface area (Å²) in [4.78, 5) is 21.6. The second-order valence-electron chi connectivity index (χ2n) is 6.03. The van der Waals surface area contributed by atoms with Crippen molar-refractivity contribution in [3.05, 3.63) is 22.9 Å². The van der Waals surface area contributed by atoms with Crippen LogP contribution >= 0.6 is 0 Å². The van der Waals surface area contributed by atoms with E-state index in [4.69, 9.17) is 5.73 Å². The second kappa shape index (κ2) is 4.41. The Hall–Kier alpha value is -1.69. The Morgan fingerprint density at radius 3 is 1.80 bits per heavy atom. The van der Waals surface area contributed by atoms with Crippen molar-refractivity contribution >= 4 is 11.3 Å². The molecule has 0 amide bonds. The van der Waals surface area contributed by atoms with Crippen LogP contribution in [0.2, 0.25) is 0 Å². The lowest BCUT2D eigenvalue weighted by Crippen LogP contribution is -2.33. The van der Waals surface area contributed by atoms with Crippen LogP contribution < -0.4 is 11.4 Å². The average molecular weight is 273 g/mol. The minimum Gasteiger partial charge on any atom is -0.328 e. The molecule has 0 atom stereocenters. The molecule has 2 aliphatic carbocycles. The first-order chi connectivity index (χ1) is 9.75. The van der Waals surface area contributed by atoms with Crippen molar-refractivity contribution in [1.29, 1.82) is 0 Å². The Balaban J connectivity index is 1.86. The number of fused-ring (bicyclic) bond motifs is 1. The molecular formula is C14H19N5O. The van der Waals surface area contributed by atoms with Crippen LogP contribution in [0, 0.1) is 0 Å². The van der Waals surface area contributed by atoms with Gasteiger partial charge in [-0.25, -0.2) is 14.8 Å². The van der Waals surface area contributed by atoms with Crippen LogP contribution in [0.25, 0.3) is 11.3 Å². The molecule has 20 heavy (non-hydrogen) atoms. The van der Waals surface area contributed by atoms with E-state index in [1.54, 1.807) is 12.4 Å². The largest absolute Gasteiger partial charge is 0.332 e. The van der Waals surface area contributed by atoms with E-state index < -0.39 is 0 Å². The zero-order chi connectivity index (χ0) is 13.7. The van der Waals surface area contributed by atoms with Crippen LogP contribution in [0.1, 0.15) is 50.6 Å². The number of nitrogens with two attached hydrogens (primary N) is 1. The SMILES string of the molecule is N[C@H]1CC[C@H](n2c(=O)n(C3CC3)c3nccnc32)CC1. The van der Waals surface area contributed by atoms with Crippen LogP contribution in [-0.2, 0) is 0 Å². The number of aromatic nitrogens is 4. The average Bonchev–Trinajstić information content (AvgIpc) is 3.24. The van der Waals surface area contributed by atoms with Crippen LogP contribution in [-0.4, -0.2) is 25.1 Å². The Labute approximate surface area is 116 Å². The minimum absolute atomic E-state index is 0.0640. The number of hydrogen-bond donors (Lipinski definition) is 1. The molecular weight excluding hydrogens is 254 g/mol. The van der Waals surface area contributed by atoms with Crippen LogP contribution in [0.4, 0.5) is 0 Å². The molecule has 2 saturated carbocycles. The van der Waals surface area contributed by atoms with E-state index in [-0.39, 0.29) is 17.8 Å². The standard InChI is InChI=1S/C14H19N5O/c15-9-1-3-10(4-2-9)18-12-13(17-8-7-16-12)19(14(18)20)11-5-6-11/h7-11H,1-6,15H2/t9-,10-. The van der Waals surface area contributed by atoms with Crippen molar-refractivity contribution < 1.29 is 0 Å². The van der Waals surface area contributed by atoms with Gasteiger partial charge in [-0.05, 0) is 38.5 Å². The summed E-state index contributed by atoms with van der Waals surface area (Å²) in [7, 11) is 0. The smallest absolute Gasteiger partial charge is 0.328 e. The monoisotopic (exact) mass is 273 g/mol. The molecule has 2 aliphatic rings. The molecule has 2 heterocycles. The van der Waals surface area contributed by atoms with Gasteiger partial charge in [0.25, 0.3) is 0 Å². The normalized spacial score (nSPS) is 27.1. The summed E-state index contributed by atoms with van der Waals surface area (Å²) in [5.41, 5.74) is 7.52. The van der Waals surface area contributed by atoms with Gasteiger partial charge in [0.2, 0.25) is 0 Å². The van der Waals surface area contributed by atoms with Gasteiger partial charge in [-0.15, -0.1) is 0 Å². The molecule has 0 spiro atoms. The summed E-state index contributed by atoms with van der Waals surface area (Å²) in [5, 5.41) is 0. The van der Waals surface area contributed by atoms with Crippen LogP contribution in [0.15, 0.2) is 17.2 Å². The van der Waals surface area contributed by atoms with Gasteiger partial charge in [0.1, 0.15) is 0 Å². The molecule has 6 heteroatoms. The molecule has 2 aromatic heterocycles. The maximum absolute atomic E-state index is 12.8. The highest BCUT2D eigenvalue weighted by molar-refractivity contribution is 5.66. The van der Waals surface area contributed by atoms with E-state index in [0.717, 1.165) is 49.8 Å². The predicted molar refractivity (Wildman–Crippen MR) is 75.5 cm³/mol. The zero-order valence-electron chi connectivity index (χ0n) is 11.4. The van der Waals surface area contributed by atoms with Gasteiger partial charge < -0.3 is 5.73 Å². The second-order valence-corrected chi connectivity index (χ2v) is 6.03. The van der Waals surface area contributed by atoms with E-state index in [1.165, 1.54) is 0 Å². The van der Waals surface area contributed by atoms with E-state index in [2.05, 4.69) is 9.97 Å². The van der Waals surface area contributed by atoms with Crippen molar-refractivity contribution in [2.45, 2.75) is 56.7 Å². The molecule has 106 valence electrons. The highest BCUT2D eigenvalue weighted by Crippen LogP contribution is 2.36. The maximum Gasteiger partial charge on any atom is 0.332 e. The first-order valence-electron chi connectivity index (χ1n) is 7.44. The van der Waals surface area contributed by atoms with Gasteiger partial charge in [0.05, 0.1) is 0 Å². The fraction of sp³-hybridized carbons (Fsp3) is 0.643. The third kappa shape index (κ3) is 1.78. The first-order valence-corrected chi connectivity index (χ1v) is 7.44. The van der Waals surface area contributed by atoms with Crippen molar-refractivity contribution in [3.8, 4) is 0 Å². The molecule has 0 unspecified atom stereocenters. The summed E-state index contributed by atoms with van der Waals surface area (Å²) < 4.78 is 3.71. The van der Waals surface area contributed by atoms with E-state index in [9.17, 15) is 4.79 Å². The van der Waals surface area contributed by atoms with Crippen LogP contribution in [0.3, 0.4) is 0 Å². The molecule has 6 nitrogen and oxygen atoms in total. The van der Waals surface area contributed by atoms with Gasteiger partial charge in [0, 0.05) is 30.5 Å². The number of hydrogen-bond acceptors (Lipinski definition) is 4. The predicted octanol–water partition coefficient (Wildman–Crippen LogP) is 1.37. The molecule has 0 bridgehead atoms. The summed E-state index contributed by atoms with van der Waals surface area (Å²) in [6.07, 6.45) is 9.37. The topological polar surface area (TPSA) is 78.7 Å². The number of rotatable bonds is 2. The highest BCUT2D eigenvalue weighted by Gasteiger charge is 2.32. The lowest BCUT2D eigenvalue weighted by atomic mass is 9.92. The summed E-state index contributed by atoms with van der Waals surface area (Å²) in [6.45, 7) is 0. The van der Waals surface area contributed by atoms with Gasteiger partial charge >= 0.3 is 5.69 Å². The molecule has 0 aliphatic heterocycles. The Morgan fingerprint density at radius 2 is 1.35 bits per heavy atom. The zero-order valence-corrected chi connectivity index (χ0v) is 11.4. The lowest BCUT2D eigenvalue weighted by Gasteiger charge is -2.26. The molecule has 2 fully saturated rings. The summed E-state index contributed by atoms with van der Waals surface area (Å²) >= 11 is 0. The molecule has 0 saturated heterocycles. The molecule has 2 N–H and O–H groups in total. The lowest BCUT2D eigenvalue weighted by molar-refractivity contribution is 0.320. The first kappa shape index (κ1) is 12.1. The molecule has 2 aromatic rings. The quantitative estimate of drug-likeness (QED) is 0.896. The van der Waals surface area contributed by atoms with E-state index in [1.807, 2.05) is 9.13 Å². The van der Waals surface area contributed by atoms with Crippen molar-refractivity contribution in [3.63, 3.8) is 0 Å². The summed E-state index contributed by atoms with van der Waals surface area (Å²) in [6, 6.07) is 0.833. The number of imidazole rings is 1. The fourth-order valence-electron chi connectivity index (χ4n) is 3.31. The van der Waals surface area contributed by atoms with Crippen molar-refractivity contribution in [1.82, 2.24) is 19.1 Å². The third-order valence-electron chi connectivity index (χ3n) is 4.55. The van der Waals surface area contributed by atoms with E-state index in [0.29, 0.717) is 6.04 Å².